The van der Waals surface area contributed by atoms with Gasteiger partial charge in [0.05, 0.1) is 0 Å². The zero-order valence-corrected chi connectivity index (χ0v) is 17.4. The molecule has 0 saturated heterocycles. The van der Waals surface area contributed by atoms with Crippen LogP contribution in [0.4, 0.5) is 13.2 Å². The van der Waals surface area contributed by atoms with Crippen molar-refractivity contribution in [3.63, 3.8) is 0 Å². The second kappa shape index (κ2) is 10.1. The van der Waals surface area contributed by atoms with Gasteiger partial charge in [-0.2, -0.15) is 13.2 Å². The van der Waals surface area contributed by atoms with Crippen LogP contribution in [-0.4, -0.2) is 6.18 Å². The van der Waals surface area contributed by atoms with E-state index >= 15 is 0 Å². The van der Waals surface area contributed by atoms with E-state index in [9.17, 15) is 13.2 Å². The van der Waals surface area contributed by atoms with E-state index in [1.807, 2.05) is 0 Å². The van der Waals surface area contributed by atoms with Crippen molar-refractivity contribution in [2.45, 2.75) is 24.9 Å². The summed E-state index contributed by atoms with van der Waals surface area (Å²) >= 11 is 0. The van der Waals surface area contributed by atoms with Crippen molar-refractivity contribution in [1.82, 2.24) is 0 Å². The molecule has 0 aliphatic rings. The molecule has 0 bridgehead atoms. The Labute approximate surface area is 182 Å². The first-order valence-corrected chi connectivity index (χ1v) is 10.2. The second-order valence-electron chi connectivity index (χ2n) is 7.50. The van der Waals surface area contributed by atoms with Crippen LogP contribution in [-0.2, 0) is 11.8 Å². The molecule has 0 aliphatic heterocycles. The third kappa shape index (κ3) is 5.64. The van der Waals surface area contributed by atoms with Crippen LogP contribution >= 0.6 is 0 Å². The van der Waals surface area contributed by atoms with E-state index in [-0.39, 0.29) is 11.1 Å². The quantitative estimate of drug-likeness (QED) is 0.317. The molecular formula is C28H25F3. The summed E-state index contributed by atoms with van der Waals surface area (Å²) in [5.41, 5.74) is 1.27. The van der Waals surface area contributed by atoms with Gasteiger partial charge < -0.3 is 0 Å². The van der Waals surface area contributed by atoms with Gasteiger partial charge in [0.2, 0.25) is 0 Å². The summed E-state index contributed by atoms with van der Waals surface area (Å²) in [4.78, 5) is 0. The van der Waals surface area contributed by atoms with Crippen LogP contribution in [0.25, 0.3) is 0 Å². The highest BCUT2D eigenvalue weighted by molar-refractivity contribution is 5.40. The Morgan fingerprint density at radius 1 is 0.484 bits per heavy atom. The smallest absolute Gasteiger partial charge is 0.170 e. The summed E-state index contributed by atoms with van der Waals surface area (Å²) in [7, 11) is 0. The van der Waals surface area contributed by atoms with Gasteiger partial charge >= 0.3 is 6.18 Å². The fourth-order valence-electron chi connectivity index (χ4n) is 3.46. The maximum absolute atomic E-state index is 13.5. The van der Waals surface area contributed by atoms with Crippen LogP contribution in [0.2, 0.25) is 0 Å². The lowest BCUT2D eigenvalue weighted by atomic mass is 9.75. The Morgan fingerprint density at radius 3 is 1.06 bits per heavy atom. The highest BCUT2D eigenvalue weighted by atomic mass is 19.4. The fourth-order valence-corrected chi connectivity index (χ4v) is 3.46. The molecule has 0 saturated carbocycles. The van der Waals surface area contributed by atoms with Gasteiger partial charge in [0, 0.05) is 0 Å². The first-order chi connectivity index (χ1) is 14.9. The maximum atomic E-state index is 13.5. The molecule has 0 radical (unpaired) electrons. The van der Waals surface area contributed by atoms with Gasteiger partial charge in [-0.25, -0.2) is 0 Å². The second-order valence-corrected chi connectivity index (χ2v) is 7.50. The lowest BCUT2D eigenvalue weighted by molar-refractivity contribution is -0.173. The van der Waals surface area contributed by atoms with E-state index in [2.05, 4.69) is 60.7 Å². The van der Waals surface area contributed by atoms with E-state index in [0.717, 1.165) is 6.42 Å². The number of hydrogen-bond acceptors (Lipinski definition) is 0. The van der Waals surface area contributed by atoms with Crippen molar-refractivity contribution in [1.29, 1.82) is 0 Å². The Bertz CT molecular complexity index is 948. The lowest BCUT2D eigenvalue weighted by Crippen LogP contribution is -2.40. The van der Waals surface area contributed by atoms with Crippen molar-refractivity contribution >= 4 is 0 Å². The van der Waals surface area contributed by atoms with Crippen molar-refractivity contribution in [2.24, 2.45) is 0 Å². The van der Waals surface area contributed by atoms with Gasteiger partial charge in [-0.05, 0) is 35.6 Å². The molecule has 31 heavy (non-hydrogen) atoms. The SMILES string of the molecule is CC(c1ccccc1)(c1ccccc1)C(F)(F)F.c1ccc(Cc2ccccc2)cc1. The first-order valence-electron chi connectivity index (χ1n) is 10.2. The molecule has 158 valence electrons. The topological polar surface area (TPSA) is 0 Å². The van der Waals surface area contributed by atoms with Crippen LogP contribution < -0.4 is 0 Å². The third-order valence-corrected chi connectivity index (χ3v) is 5.36. The Hall–Kier alpha value is -3.33. The standard InChI is InChI=1S/C15H13F3.C13H12/c1-14(15(16,17)18,12-8-4-2-5-9-12)13-10-6-3-7-11-13;1-3-7-12(8-4-1)11-13-9-5-2-6-10-13/h2-11H,1H3;1-10H,11H2. The predicted molar refractivity (Wildman–Crippen MR) is 121 cm³/mol. The molecule has 0 unspecified atom stereocenters. The van der Waals surface area contributed by atoms with Crippen LogP contribution in [0.1, 0.15) is 29.2 Å². The molecule has 0 atom stereocenters. The largest absolute Gasteiger partial charge is 0.402 e. The summed E-state index contributed by atoms with van der Waals surface area (Å²) in [5.74, 6) is 0. The molecule has 4 rings (SSSR count). The van der Waals surface area contributed by atoms with Crippen LogP contribution in [0, 0.1) is 0 Å². The van der Waals surface area contributed by atoms with E-state index in [4.69, 9.17) is 0 Å². The number of halogens is 3. The monoisotopic (exact) mass is 418 g/mol. The normalized spacial score (nSPS) is 11.4. The van der Waals surface area contributed by atoms with E-state index in [0.29, 0.717) is 0 Å². The predicted octanol–water partition coefficient (Wildman–Crippen LogP) is 7.83. The third-order valence-electron chi connectivity index (χ3n) is 5.36. The minimum atomic E-state index is -4.34. The van der Waals surface area contributed by atoms with Gasteiger partial charge in [-0.1, -0.05) is 121 Å². The molecule has 0 nitrogen and oxygen atoms in total. The number of hydrogen-bond donors (Lipinski definition) is 0. The Morgan fingerprint density at radius 2 is 0.774 bits per heavy atom. The van der Waals surface area contributed by atoms with Crippen molar-refractivity contribution in [2.75, 3.05) is 0 Å². The highest BCUT2D eigenvalue weighted by Crippen LogP contribution is 2.45. The minimum Gasteiger partial charge on any atom is -0.170 e. The van der Waals surface area contributed by atoms with E-state index < -0.39 is 11.6 Å². The highest BCUT2D eigenvalue weighted by Gasteiger charge is 2.53. The average Bonchev–Trinajstić information content (AvgIpc) is 2.81. The van der Waals surface area contributed by atoms with Crippen LogP contribution in [0.15, 0.2) is 121 Å². The summed E-state index contributed by atoms with van der Waals surface area (Å²) in [6.07, 6.45) is -3.31. The van der Waals surface area contributed by atoms with Crippen LogP contribution in [0.5, 0.6) is 0 Å². The summed E-state index contributed by atoms with van der Waals surface area (Å²) in [6, 6.07) is 37.1. The summed E-state index contributed by atoms with van der Waals surface area (Å²) in [5, 5.41) is 0. The molecule has 3 heteroatoms. The van der Waals surface area contributed by atoms with Gasteiger partial charge in [0.1, 0.15) is 5.41 Å². The molecule has 4 aromatic rings. The lowest BCUT2D eigenvalue weighted by Gasteiger charge is -2.33. The van der Waals surface area contributed by atoms with Gasteiger partial charge in [0.15, 0.2) is 0 Å². The molecule has 0 fully saturated rings. The molecule has 0 amide bonds. The number of rotatable bonds is 4. The minimum absolute atomic E-state index is 0.253. The molecule has 0 spiro atoms. The summed E-state index contributed by atoms with van der Waals surface area (Å²) in [6.45, 7) is 1.22. The zero-order chi connectivity index (χ0) is 22.2. The molecular weight excluding hydrogens is 393 g/mol. The van der Waals surface area contributed by atoms with Crippen molar-refractivity contribution < 1.29 is 13.2 Å². The molecule has 0 aromatic heterocycles. The van der Waals surface area contributed by atoms with Gasteiger partial charge in [-0.15, -0.1) is 0 Å². The Balaban J connectivity index is 0.000000185. The zero-order valence-electron chi connectivity index (χ0n) is 17.4. The maximum Gasteiger partial charge on any atom is 0.402 e. The molecule has 4 aromatic carbocycles. The van der Waals surface area contributed by atoms with Crippen molar-refractivity contribution in [3.8, 4) is 0 Å². The molecule has 0 heterocycles. The first kappa shape index (κ1) is 22.4. The number of benzene rings is 4. The molecule has 0 aliphatic carbocycles. The van der Waals surface area contributed by atoms with Crippen molar-refractivity contribution in [3.05, 3.63) is 144 Å². The van der Waals surface area contributed by atoms with E-state index in [1.54, 1.807) is 36.4 Å². The van der Waals surface area contributed by atoms with Gasteiger partial charge in [0.25, 0.3) is 0 Å². The van der Waals surface area contributed by atoms with E-state index in [1.165, 1.54) is 42.3 Å². The summed E-state index contributed by atoms with van der Waals surface area (Å²) < 4.78 is 40.4. The van der Waals surface area contributed by atoms with Crippen LogP contribution in [0.3, 0.4) is 0 Å². The van der Waals surface area contributed by atoms with Gasteiger partial charge in [-0.3, -0.25) is 0 Å². The fraction of sp³-hybridized carbons (Fsp3) is 0.143. The molecule has 0 N–H and O–H groups in total. The average molecular weight is 419 g/mol. The Kier molecular flexibility index (Phi) is 7.30. The number of alkyl halides is 3.